The van der Waals surface area contributed by atoms with Crippen molar-refractivity contribution >= 4 is 39.7 Å². The summed E-state index contributed by atoms with van der Waals surface area (Å²) in [6.07, 6.45) is 0. The zero-order valence-electron chi connectivity index (χ0n) is 16.6. The summed E-state index contributed by atoms with van der Waals surface area (Å²) in [5, 5.41) is 1.47. The highest BCUT2D eigenvalue weighted by Gasteiger charge is 2.14. The normalized spacial score (nSPS) is 11.1. The minimum absolute atomic E-state index is 0.0159. The summed E-state index contributed by atoms with van der Waals surface area (Å²) in [7, 11) is 1.54. The molecule has 0 saturated carbocycles. The molecule has 0 amide bonds. The number of methoxy groups -OCH3 is 1. The Morgan fingerprint density at radius 1 is 1.20 bits per heavy atom. The fourth-order valence-electron chi connectivity index (χ4n) is 3.25. The Morgan fingerprint density at radius 3 is 2.83 bits per heavy atom. The van der Waals surface area contributed by atoms with E-state index in [4.69, 9.17) is 13.9 Å². The first-order chi connectivity index (χ1) is 14.6. The van der Waals surface area contributed by atoms with Crippen molar-refractivity contribution in [3.63, 3.8) is 0 Å². The van der Waals surface area contributed by atoms with Gasteiger partial charge in [-0.05, 0) is 31.2 Å². The van der Waals surface area contributed by atoms with Crippen molar-refractivity contribution in [2.45, 2.75) is 25.2 Å². The van der Waals surface area contributed by atoms with Gasteiger partial charge >= 0.3 is 11.6 Å². The number of esters is 1. The second-order valence-electron chi connectivity index (χ2n) is 6.53. The average molecular weight is 424 g/mol. The maximum absolute atomic E-state index is 12.3. The predicted molar refractivity (Wildman–Crippen MR) is 115 cm³/mol. The van der Waals surface area contributed by atoms with Crippen LogP contribution in [0.5, 0.6) is 5.75 Å². The molecular weight excluding hydrogens is 404 g/mol. The lowest BCUT2D eigenvalue weighted by atomic mass is 10.1. The molecular formula is C22H20N2O5S. The molecule has 0 unspecified atom stereocenters. The van der Waals surface area contributed by atoms with Crippen molar-refractivity contribution in [1.82, 2.24) is 9.55 Å². The van der Waals surface area contributed by atoms with Gasteiger partial charge < -0.3 is 18.5 Å². The Labute approximate surface area is 176 Å². The number of fused-ring (bicyclic) bond motifs is 2. The highest BCUT2D eigenvalue weighted by atomic mass is 32.2. The van der Waals surface area contributed by atoms with E-state index in [-0.39, 0.29) is 18.3 Å². The van der Waals surface area contributed by atoms with Crippen LogP contribution in [-0.2, 0) is 22.7 Å². The average Bonchev–Trinajstić information content (AvgIpc) is 3.12. The zero-order chi connectivity index (χ0) is 21.1. The maximum atomic E-state index is 12.3. The molecule has 30 heavy (non-hydrogen) atoms. The molecule has 2 aromatic carbocycles. The van der Waals surface area contributed by atoms with E-state index < -0.39 is 5.63 Å². The van der Waals surface area contributed by atoms with Gasteiger partial charge in [-0.25, -0.2) is 9.78 Å². The number of aromatic nitrogens is 2. The van der Waals surface area contributed by atoms with Crippen LogP contribution in [0.1, 0.15) is 12.5 Å². The highest BCUT2D eigenvalue weighted by Crippen LogP contribution is 2.25. The first kappa shape index (κ1) is 20.0. The minimum atomic E-state index is -0.507. The zero-order valence-corrected chi connectivity index (χ0v) is 17.4. The Morgan fingerprint density at radius 2 is 2.03 bits per heavy atom. The van der Waals surface area contributed by atoms with Gasteiger partial charge in [-0.2, -0.15) is 0 Å². The molecule has 0 aliphatic heterocycles. The number of hydrogen-bond acceptors (Lipinski definition) is 7. The summed E-state index contributed by atoms with van der Waals surface area (Å²) in [6.45, 7) is 2.78. The van der Waals surface area contributed by atoms with E-state index in [0.717, 1.165) is 22.7 Å². The van der Waals surface area contributed by atoms with E-state index in [1.807, 2.05) is 31.2 Å². The summed E-state index contributed by atoms with van der Waals surface area (Å²) >= 11 is 1.33. The Bertz CT molecular complexity index is 1280. The fraction of sp³-hybridized carbons (Fsp3) is 0.227. The SMILES string of the molecule is CCn1c(SCC(=O)OCc2cc(=O)oc3cc(OC)ccc23)nc2ccccc21. The lowest BCUT2D eigenvalue weighted by Gasteiger charge is -2.08. The molecule has 0 saturated heterocycles. The van der Waals surface area contributed by atoms with Crippen LogP contribution < -0.4 is 10.4 Å². The monoisotopic (exact) mass is 424 g/mol. The number of thioether (sulfide) groups is 1. The number of ether oxygens (including phenoxy) is 2. The third-order valence-corrected chi connectivity index (χ3v) is 5.63. The van der Waals surface area contributed by atoms with Crippen LogP contribution in [0.2, 0.25) is 0 Å². The van der Waals surface area contributed by atoms with Gasteiger partial charge in [-0.15, -0.1) is 0 Å². The van der Waals surface area contributed by atoms with Gasteiger partial charge in [0, 0.05) is 29.6 Å². The van der Waals surface area contributed by atoms with E-state index in [0.29, 0.717) is 22.3 Å². The Balaban J connectivity index is 1.45. The molecule has 2 heterocycles. The van der Waals surface area contributed by atoms with Gasteiger partial charge in [0.1, 0.15) is 17.9 Å². The minimum Gasteiger partial charge on any atom is -0.497 e. The predicted octanol–water partition coefficient (Wildman–Crippen LogP) is 4.01. The summed E-state index contributed by atoms with van der Waals surface area (Å²) in [4.78, 5) is 28.8. The molecule has 0 N–H and O–H groups in total. The number of para-hydroxylation sites is 2. The van der Waals surface area contributed by atoms with Crippen LogP contribution in [0.3, 0.4) is 0 Å². The summed E-state index contributed by atoms with van der Waals surface area (Å²) in [6, 6.07) is 14.4. The standard InChI is InChI=1S/C22H20N2O5S/c1-3-24-18-7-5-4-6-17(18)23-22(24)30-13-21(26)28-12-14-10-20(25)29-19-11-15(27-2)8-9-16(14)19/h4-11H,3,12-13H2,1-2H3. The Hall–Kier alpha value is -3.26. The largest absolute Gasteiger partial charge is 0.497 e. The third-order valence-electron chi connectivity index (χ3n) is 4.68. The summed E-state index contributed by atoms with van der Waals surface area (Å²) in [5.74, 6) is 0.316. The number of carbonyl (C=O) groups excluding carboxylic acids is 1. The van der Waals surface area contributed by atoms with Gasteiger partial charge in [0.05, 0.1) is 23.9 Å². The van der Waals surface area contributed by atoms with E-state index in [1.54, 1.807) is 18.2 Å². The molecule has 0 atom stereocenters. The molecule has 0 aliphatic rings. The Kier molecular flexibility index (Phi) is 5.76. The first-order valence-corrected chi connectivity index (χ1v) is 10.4. The molecule has 7 nitrogen and oxygen atoms in total. The quantitative estimate of drug-likeness (QED) is 0.252. The summed E-state index contributed by atoms with van der Waals surface area (Å²) in [5.41, 5.74) is 2.40. The van der Waals surface area contributed by atoms with Crippen LogP contribution in [0, 0.1) is 0 Å². The second-order valence-corrected chi connectivity index (χ2v) is 7.47. The van der Waals surface area contributed by atoms with Crippen molar-refractivity contribution < 1.29 is 18.7 Å². The van der Waals surface area contributed by atoms with Crippen LogP contribution in [0.15, 0.2) is 62.9 Å². The molecule has 4 rings (SSSR count). The molecule has 0 radical (unpaired) electrons. The smallest absolute Gasteiger partial charge is 0.336 e. The van der Waals surface area contributed by atoms with Gasteiger partial charge in [0.2, 0.25) is 0 Å². The van der Waals surface area contributed by atoms with Gasteiger partial charge in [-0.1, -0.05) is 23.9 Å². The number of imidazole rings is 1. The summed E-state index contributed by atoms with van der Waals surface area (Å²) < 4.78 is 17.9. The van der Waals surface area contributed by atoms with Crippen LogP contribution in [0.25, 0.3) is 22.0 Å². The van der Waals surface area contributed by atoms with E-state index >= 15 is 0 Å². The maximum Gasteiger partial charge on any atom is 0.336 e. The van der Waals surface area contributed by atoms with Gasteiger partial charge in [0.15, 0.2) is 5.16 Å². The topological polar surface area (TPSA) is 83.6 Å². The van der Waals surface area contributed by atoms with Crippen LogP contribution in [0.4, 0.5) is 0 Å². The fourth-order valence-corrected chi connectivity index (χ4v) is 4.13. The molecule has 0 spiro atoms. The molecule has 0 fully saturated rings. The van der Waals surface area contributed by atoms with Crippen molar-refractivity contribution in [2.75, 3.05) is 12.9 Å². The number of rotatable bonds is 7. The number of nitrogens with zero attached hydrogens (tertiary/aromatic N) is 2. The van der Waals surface area contributed by atoms with Gasteiger partial charge in [0.25, 0.3) is 0 Å². The van der Waals surface area contributed by atoms with Crippen LogP contribution in [-0.4, -0.2) is 28.4 Å². The molecule has 2 aromatic heterocycles. The van der Waals surface area contributed by atoms with Crippen molar-refractivity contribution in [1.29, 1.82) is 0 Å². The molecule has 8 heteroatoms. The van der Waals surface area contributed by atoms with E-state index in [1.165, 1.54) is 24.9 Å². The lowest BCUT2D eigenvalue weighted by molar-refractivity contribution is -0.141. The number of carbonyl (C=O) groups is 1. The highest BCUT2D eigenvalue weighted by molar-refractivity contribution is 7.99. The first-order valence-electron chi connectivity index (χ1n) is 9.43. The molecule has 4 aromatic rings. The number of benzene rings is 2. The molecule has 0 aliphatic carbocycles. The third kappa shape index (κ3) is 4.04. The van der Waals surface area contributed by atoms with E-state index in [2.05, 4.69) is 9.55 Å². The molecule has 154 valence electrons. The van der Waals surface area contributed by atoms with E-state index in [9.17, 15) is 9.59 Å². The molecule has 0 bridgehead atoms. The second kappa shape index (κ2) is 8.62. The van der Waals surface area contributed by atoms with Crippen LogP contribution >= 0.6 is 11.8 Å². The lowest BCUT2D eigenvalue weighted by Crippen LogP contribution is -2.10. The number of hydrogen-bond donors (Lipinski definition) is 0. The number of aryl methyl sites for hydroxylation is 1. The van der Waals surface area contributed by atoms with Gasteiger partial charge in [-0.3, -0.25) is 4.79 Å². The van der Waals surface area contributed by atoms with Crippen molar-refractivity contribution in [3.05, 3.63) is 64.5 Å². The van der Waals surface area contributed by atoms with Crippen molar-refractivity contribution in [2.24, 2.45) is 0 Å². The van der Waals surface area contributed by atoms with Crippen molar-refractivity contribution in [3.8, 4) is 5.75 Å².